The summed E-state index contributed by atoms with van der Waals surface area (Å²) in [5.74, 6) is -0.566. The van der Waals surface area contributed by atoms with Gasteiger partial charge in [-0.2, -0.15) is 10.4 Å². The first-order valence-electron chi connectivity index (χ1n) is 10.9. The minimum Gasteiger partial charge on any atom is -0.489 e. The normalized spacial score (nSPS) is 24.2. The fourth-order valence-corrected chi connectivity index (χ4v) is 5.23. The summed E-state index contributed by atoms with van der Waals surface area (Å²) in [5, 5.41) is 37.0. The Balaban J connectivity index is 1.54. The van der Waals surface area contributed by atoms with E-state index in [9.17, 15) is 20.3 Å². The SMILES string of the molecule is CC(C)(O)COc1cc(-c2ccc(C34CNCC(C3)C4C(=O)O)nc2)c2c(C#N)cnn2c1. The minimum absolute atomic E-state index is 0.0920. The van der Waals surface area contributed by atoms with Gasteiger partial charge in [0.25, 0.3) is 0 Å². The average molecular weight is 447 g/mol. The number of ether oxygens (including phenoxy) is 1. The van der Waals surface area contributed by atoms with Crippen LogP contribution < -0.4 is 10.1 Å². The van der Waals surface area contributed by atoms with Crippen molar-refractivity contribution in [2.75, 3.05) is 19.7 Å². The van der Waals surface area contributed by atoms with Crippen molar-refractivity contribution < 1.29 is 19.7 Å². The Kier molecular flexibility index (Phi) is 4.88. The van der Waals surface area contributed by atoms with Crippen LogP contribution >= 0.6 is 0 Å². The molecule has 0 amide bonds. The van der Waals surface area contributed by atoms with E-state index in [4.69, 9.17) is 4.74 Å². The van der Waals surface area contributed by atoms with Crippen molar-refractivity contribution in [1.29, 1.82) is 5.26 Å². The molecule has 3 unspecified atom stereocenters. The van der Waals surface area contributed by atoms with Gasteiger partial charge in [-0.05, 0) is 44.9 Å². The summed E-state index contributed by atoms with van der Waals surface area (Å²) in [6.07, 6.45) is 5.70. The van der Waals surface area contributed by atoms with Crippen LogP contribution in [0.2, 0.25) is 0 Å². The summed E-state index contributed by atoms with van der Waals surface area (Å²) in [6, 6.07) is 7.77. The van der Waals surface area contributed by atoms with E-state index in [-0.39, 0.29) is 12.5 Å². The lowest BCUT2D eigenvalue weighted by molar-refractivity contribution is -0.158. The highest BCUT2D eigenvalue weighted by Crippen LogP contribution is 2.54. The molecule has 3 fully saturated rings. The van der Waals surface area contributed by atoms with Crippen LogP contribution in [-0.2, 0) is 10.2 Å². The van der Waals surface area contributed by atoms with Crippen molar-refractivity contribution in [2.24, 2.45) is 11.8 Å². The molecule has 2 aliphatic heterocycles. The molecule has 3 N–H and O–H groups in total. The maximum absolute atomic E-state index is 11.9. The molecule has 1 saturated carbocycles. The van der Waals surface area contributed by atoms with Gasteiger partial charge < -0.3 is 20.3 Å². The number of aliphatic hydroxyl groups is 1. The van der Waals surface area contributed by atoms with Crippen molar-refractivity contribution in [3.05, 3.63) is 48.0 Å². The van der Waals surface area contributed by atoms with E-state index in [1.807, 2.05) is 12.1 Å². The highest BCUT2D eigenvalue weighted by atomic mass is 16.5. The predicted molar refractivity (Wildman–Crippen MR) is 119 cm³/mol. The van der Waals surface area contributed by atoms with E-state index in [1.54, 1.807) is 36.8 Å². The van der Waals surface area contributed by atoms with Crippen LogP contribution in [0.15, 0.2) is 36.8 Å². The van der Waals surface area contributed by atoms with E-state index in [2.05, 4.69) is 21.5 Å². The molecular formula is C24H25N5O4. The predicted octanol–water partition coefficient (Wildman–Crippen LogP) is 1.98. The molecule has 6 rings (SSSR count). The second kappa shape index (κ2) is 7.54. The Labute approximate surface area is 190 Å². The molecule has 33 heavy (non-hydrogen) atoms. The molecule has 2 bridgehead atoms. The quantitative estimate of drug-likeness (QED) is 0.522. The van der Waals surface area contributed by atoms with Crippen LogP contribution in [-0.4, -0.2) is 56.1 Å². The number of carboxylic acid groups (broad SMARTS) is 1. The van der Waals surface area contributed by atoms with Gasteiger partial charge >= 0.3 is 5.97 Å². The second-order valence-electron chi connectivity index (χ2n) is 9.65. The van der Waals surface area contributed by atoms with Crippen LogP contribution in [0.5, 0.6) is 5.75 Å². The number of nitrogens with one attached hydrogen (secondary N) is 1. The zero-order chi connectivity index (χ0) is 23.4. The van der Waals surface area contributed by atoms with Crippen molar-refractivity contribution in [3.8, 4) is 22.9 Å². The Morgan fingerprint density at radius 2 is 2.24 bits per heavy atom. The smallest absolute Gasteiger partial charge is 0.307 e. The molecular weight excluding hydrogens is 422 g/mol. The van der Waals surface area contributed by atoms with E-state index in [0.29, 0.717) is 23.4 Å². The molecule has 3 aromatic heterocycles. The van der Waals surface area contributed by atoms with Crippen molar-refractivity contribution in [3.63, 3.8) is 0 Å². The molecule has 9 nitrogen and oxygen atoms in total. The Morgan fingerprint density at radius 3 is 2.88 bits per heavy atom. The zero-order valence-electron chi connectivity index (χ0n) is 18.4. The fraction of sp³-hybridized carbons (Fsp3) is 0.417. The van der Waals surface area contributed by atoms with Crippen LogP contribution in [0.25, 0.3) is 16.6 Å². The summed E-state index contributed by atoms with van der Waals surface area (Å²) in [4.78, 5) is 16.6. The molecule has 0 spiro atoms. The third-order valence-electron chi connectivity index (χ3n) is 6.69. The first-order chi connectivity index (χ1) is 15.7. The molecule has 170 valence electrons. The molecule has 9 heteroatoms. The largest absolute Gasteiger partial charge is 0.489 e. The van der Waals surface area contributed by atoms with Crippen molar-refractivity contribution in [1.82, 2.24) is 19.9 Å². The third kappa shape index (κ3) is 3.52. The summed E-state index contributed by atoms with van der Waals surface area (Å²) in [7, 11) is 0. The zero-order valence-corrected chi connectivity index (χ0v) is 18.4. The van der Waals surface area contributed by atoms with Gasteiger partial charge in [0.15, 0.2) is 0 Å². The second-order valence-corrected chi connectivity index (χ2v) is 9.65. The number of nitrogens with zero attached hydrogens (tertiary/aromatic N) is 4. The van der Waals surface area contributed by atoms with Gasteiger partial charge in [-0.1, -0.05) is 6.07 Å². The molecule has 5 heterocycles. The van der Waals surface area contributed by atoms with Crippen LogP contribution in [0.1, 0.15) is 31.5 Å². The first kappa shape index (κ1) is 21.4. The highest BCUT2D eigenvalue weighted by molar-refractivity contribution is 5.85. The third-order valence-corrected chi connectivity index (χ3v) is 6.69. The van der Waals surface area contributed by atoms with Gasteiger partial charge in [0, 0.05) is 35.0 Å². The Bertz CT molecular complexity index is 1270. The van der Waals surface area contributed by atoms with Crippen LogP contribution in [0.4, 0.5) is 0 Å². The number of carbonyl (C=O) groups is 1. The minimum atomic E-state index is -1.01. The van der Waals surface area contributed by atoms with Crippen molar-refractivity contribution >= 4 is 11.5 Å². The number of hydrogen-bond donors (Lipinski definition) is 3. The first-order valence-corrected chi connectivity index (χ1v) is 10.9. The lowest BCUT2D eigenvalue weighted by Gasteiger charge is -2.57. The van der Waals surface area contributed by atoms with Gasteiger partial charge in [0.2, 0.25) is 0 Å². The molecule has 3 atom stereocenters. The number of aromatic nitrogens is 3. The topological polar surface area (TPSA) is 133 Å². The summed E-state index contributed by atoms with van der Waals surface area (Å²) >= 11 is 0. The number of carboxylic acids is 1. The van der Waals surface area contributed by atoms with E-state index in [0.717, 1.165) is 29.8 Å². The fourth-order valence-electron chi connectivity index (χ4n) is 5.23. The van der Waals surface area contributed by atoms with Crippen LogP contribution in [0.3, 0.4) is 0 Å². The molecule has 3 aromatic rings. The van der Waals surface area contributed by atoms with Gasteiger partial charge in [-0.15, -0.1) is 0 Å². The maximum Gasteiger partial charge on any atom is 0.307 e. The van der Waals surface area contributed by atoms with Gasteiger partial charge in [-0.3, -0.25) is 9.78 Å². The lowest BCUT2D eigenvalue weighted by atomic mass is 9.50. The number of fused-ring (bicyclic) bond motifs is 3. The molecule has 2 saturated heterocycles. The van der Waals surface area contributed by atoms with E-state index in [1.165, 1.54) is 6.20 Å². The van der Waals surface area contributed by atoms with Crippen LogP contribution in [0, 0.1) is 23.2 Å². The summed E-state index contributed by atoms with van der Waals surface area (Å²) in [5.41, 5.74) is 1.80. The molecule has 0 aromatic carbocycles. The van der Waals surface area contributed by atoms with Gasteiger partial charge in [-0.25, -0.2) is 4.52 Å². The number of piperidine rings is 2. The average Bonchev–Trinajstić information content (AvgIpc) is 3.19. The molecule has 3 aliphatic rings. The highest BCUT2D eigenvalue weighted by Gasteiger charge is 2.61. The lowest BCUT2D eigenvalue weighted by Crippen LogP contribution is -2.67. The summed E-state index contributed by atoms with van der Waals surface area (Å²) in [6.45, 7) is 4.73. The van der Waals surface area contributed by atoms with Gasteiger partial charge in [0.1, 0.15) is 18.4 Å². The standard InChI is InChI=1S/C24H25N5O4/c1-23(2,32)13-33-17-5-18(21-16(7-25)10-28-29(21)11-17)14-3-4-19(27-9-14)24-6-15(8-26-12-24)20(24)22(30)31/h3-5,9-11,15,20,26,32H,6,8,12-13H2,1-2H3,(H,30,31). The number of aliphatic carboxylic acids is 1. The van der Waals surface area contributed by atoms with Gasteiger partial charge in [0.05, 0.1) is 35.0 Å². The summed E-state index contributed by atoms with van der Waals surface area (Å²) < 4.78 is 7.36. The number of rotatable bonds is 6. The Morgan fingerprint density at radius 1 is 1.42 bits per heavy atom. The maximum atomic E-state index is 11.9. The Hall–Kier alpha value is -3.48. The number of nitriles is 1. The van der Waals surface area contributed by atoms with Crippen molar-refractivity contribution in [2.45, 2.75) is 31.3 Å². The monoisotopic (exact) mass is 447 g/mol. The number of pyridine rings is 2. The molecule has 1 aliphatic carbocycles. The number of hydrogen-bond acceptors (Lipinski definition) is 7. The van der Waals surface area contributed by atoms with E-state index < -0.39 is 22.9 Å². The van der Waals surface area contributed by atoms with E-state index >= 15 is 0 Å². The molecule has 0 radical (unpaired) electrons.